The summed E-state index contributed by atoms with van der Waals surface area (Å²) in [5.41, 5.74) is -0.592. The highest BCUT2D eigenvalue weighted by atomic mass is 16.5. The summed E-state index contributed by atoms with van der Waals surface area (Å²) >= 11 is 0. The maximum absolute atomic E-state index is 12.0. The number of fused-ring (bicyclic) bond motifs is 1. The molecule has 0 unspecified atom stereocenters. The van der Waals surface area contributed by atoms with Gasteiger partial charge >= 0.3 is 5.97 Å². The molecule has 1 aliphatic rings. The lowest BCUT2D eigenvalue weighted by atomic mass is 10.0. The summed E-state index contributed by atoms with van der Waals surface area (Å²) < 4.78 is 5.55. The van der Waals surface area contributed by atoms with Crippen LogP contribution >= 0.6 is 0 Å². The molecule has 0 aliphatic carbocycles. The number of ether oxygens (including phenoxy) is 1. The zero-order valence-electron chi connectivity index (χ0n) is 10.8. The number of amides is 1. The Bertz CT molecular complexity index is 591. The van der Waals surface area contributed by atoms with Crippen LogP contribution in [-0.2, 0) is 9.59 Å². The summed E-state index contributed by atoms with van der Waals surface area (Å²) in [7, 11) is 1.56. The maximum Gasteiger partial charge on any atom is 0.377 e. The number of anilines is 1. The van der Waals surface area contributed by atoms with E-state index in [1.54, 1.807) is 20.9 Å². The fourth-order valence-electron chi connectivity index (χ4n) is 1.96. The Morgan fingerprint density at radius 2 is 1.95 bits per heavy atom. The molecule has 1 aromatic carbocycles. The van der Waals surface area contributed by atoms with Crippen molar-refractivity contribution in [3.05, 3.63) is 23.8 Å². The van der Waals surface area contributed by atoms with E-state index in [9.17, 15) is 14.4 Å². The molecule has 0 radical (unpaired) electrons. The van der Waals surface area contributed by atoms with E-state index >= 15 is 0 Å². The molecule has 0 atom stereocenters. The Morgan fingerprint density at radius 1 is 1.32 bits per heavy atom. The Labute approximate surface area is 109 Å². The van der Waals surface area contributed by atoms with Crippen molar-refractivity contribution in [2.24, 2.45) is 0 Å². The Balaban J connectivity index is 2.50. The van der Waals surface area contributed by atoms with Gasteiger partial charge in [0.15, 0.2) is 5.60 Å². The second kappa shape index (κ2) is 4.08. The number of carboxylic acids is 1. The standard InChI is InChI=1S/C13H13NO5/c1-13(2)12(18)14(3)8-6-7(10(15)11(16)17)4-5-9(8)19-13/h4-6H,1-3H3,(H,16,17). The minimum absolute atomic E-state index is 0.00852. The van der Waals surface area contributed by atoms with E-state index in [2.05, 4.69) is 0 Å². The largest absolute Gasteiger partial charge is 0.476 e. The topological polar surface area (TPSA) is 83.9 Å². The van der Waals surface area contributed by atoms with Gasteiger partial charge in [0.25, 0.3) is 11.7 Å². The van der Waals surface area contributed by atoms with Gasteiger partial charge in [0, 0.05) is 12.6 Å². The summed E-state index contributed by atoms with van der Waals surface area (Å²) in [6.07, 6.45) is 0. The predicted molar refractivity (Wildman–Crippen MR) is 66.5 cm³/mol. The minimum atomic E-state index is -1.54. The molecule has 1 N–H and O–H groups in total. The first kappa shape index (κ1) is 13.1. The van der Waals surface area contributed by atoms with Crippen LogP contribution < -0.4 is 9.64 Å². The van der Waals surface area contributed by atoms with Crippen molar-refractivity contribution in [1.82, 2.24) is 0 Å². The molecule has 1 aliphatic heterocycles. The summed E-state index contributed by atoms with van der Waals surface area (Å²) in [4.78, 5) is 35.4. The van der Waals surface area contributed by atoms with Crippen LogP contribution in [0.25, 0.3) is 0 Å². The van der Waals surface area contributed by atoms with Gasteiger partial charge in [-0.3, -0.25) is 9.59 Å². The first-order chi connectivity index (χ1) is 8.74. The molecule has 1 amide bonds. The fourth-order valence-corrected chi connectivity index (χ4v) is 1.96. The smallest absolute Gasteiger partial charge is 0.377 e. The highest BCUT2D eigenvalue weighted by Gasteiger charge is 2.39. The Kier molecular flexibility index (Phi) is 2.81. The van der Waals surface area contributed by atoms with Gasteiger partial charge in [0.2, 0.25) is 0 Å². The number of carbonyl (C=O) groups excluding carboxylic acids is 2. The average Bonchev–Trinajstić information content (AvgIpc) is 2.34. The lowest BCUT2D eigenvalue weighted by Crippen LogP contribution is -2.50. The van der Waals surface area contributed by atoms with E-state index in [1.807, 2.05) is 0 Å². The van der Waals surface area contributed by atoms with Crippen LogP contribution in [0.4, 0.5) is 5.69 Å². The van der Waals surface area contributed by atoms with Crippen LogP contribution in [0.2, 0.25) is 0 Å². The van der Waals surface area contributed by atoms with E-state index in [-0.39, 0.29) is 11.5 Å². The molecule has 6 heteroatoms. The number of ketones is 1. The van der Waals surface area contributed by atoms with Crippen LogP contribution in [0, 0.1) is 0 Å². The highest BCUT2D eigenvalue weighted by molar-refractivity contribution is 6.40. The zero-order chi connectivity index (χ0) is 14.4. The average molecular weight is 263 g/mol. The molecule has 0 saturated heterocycles. The minimum Gasteiger partial charge on any atom is -0.476 e. The second-order valence-electron chi connectivity index (χ2n) is 4.79. The van der Waals surface area contributed by atoms with Gasteiger partial charge in [-0.2, -0.15) is 0 Å². The van der Waals surface area contributed by atoms with Crippen molar-refractivity contribution in [1.29, 1.82) is 0 Å². The normalized spacial score (nSPS) is 16.6. The van der Waals surface area contributed by atoms with Crippen molar-refractivity contribution in [3.8, 4) is 5.75 Å². The number of nitrogens with zero attached hydrogens (tertiary/aromatic N) is 1. The van der Waals surface area contributed by atoms with Gasteiger partial charge in [0.1, 0.15) is 5.75 Å². The van der Waals surface area contributed by atoms with E-state index in [0.29, 0.717) is 11.4 Å². The van der Waals surface area contributed by atoms with E-state index < -0.39 is 17.4 Å². The second-order valence-corrected chi connectivity index (χ2v) is 4.79. The summed E-state index contributed by atoms with van der Waals surface area (Å²) in [6, 6.07) is 4.21. The van der Waals surface area contributed by atoms with Gasteiger partial charge in [-0.25, -0.2) is 4.79 Å². The molecular weight excluding hydrogens is 250 g/mol. The van der Waals surface area contributed by atoms with Crippen LogP contribution in [0.5, 0.6) is 5.75 Å². The van der Waals surface area contributed by atoms with Gasteiger partial charge < -0.3 is 14.7 Å². The Hall–Kier alpha value is -2.37. The van der Waals surface area contributed by atoms with Crippen molar-refractivity contribution in [2.75, 3.05) is 11.9 Å². The number of benzene rings is 1. The zero-order valence-corrected chi connectivity index (χ0v) is 10.8. The molecule has 0 fully saturated rings. The first-order valence-corrected chi connectivity index (χ1v) is 5.63. The van der Waals surface area contributed by atoms with Gasteiger partial charge in [-0.1, -0.05) is 0 Å². The molecular formula is C13H13NO5. The Morgan fingerprint density at radius 3 is 2.53 bits per heavy atom. The van der Waals surface area contributed by atoms with Crippen LogP contribution in [-0.4, -0.2) is 35.4 Å². The molecule has 1 aromatic rings. The van der Waals surface area contributed by atoms with Crippen LogP contribution in [0.3, 0.4) is 0 Å². The fraction of sp³-hybridized carbons (Fsp3) is 0.308. The maximum atomic E-state index is 12.0. The van der Waals surface area contributed by atoms with E-state index in [4.69, 9.17) is 9.84 Å². The number of carbonyl (C=O) groups is 3. The first-order valence-electron chi connectivity index (χ1n) is 5.63. The van der Waals surface area contributed by atoms with Crippen molar-refractivity contribution < 1.29 is 24.2 Å². The van der Waals surface area contributed by atoms with E-state index in [0.717, 1.165) is 0 Å². The lowest BCUT2D eigenvalue weighted by Gasteiger charge is -2.36. The molecule has 0 saturated carbocycles. The number of rotatable bonds is 2. The van der Waals surface area contributed by atoms with Crippen LogP contribution in [0.15, 0.2) is 18.2 Å². The SMILES string of the molecule is CN1C(=O)C(C)(C)Oc2ccc(C(=O)C(=O)O)cc21. The van der Waals surface area contributed by atoms with Crippen molar-refractivity contribution >= 4 is 23.3 Å². The third-order valence-electron chi connectivity index (χ3n) is 2.96. The molecule has 100 valence electrons. The third kappa shape index (κ3) is 2.05. The number of hydrogen-bond acceptors (Lipinski definition) is 4. The molecule has 6 nitrogen and oxygen atoms in total. The molecule has 19 heavy (non-hydrogen) atoms. The summed E-state index contributed by atoms with van der Waals surface area (Å²) in [5.74, 6) is -2.38. The molecule has 1 heterocycles. The number of likely N-dealkylation sites (N-methyl/N-ethyl adjacent to an activating group) is 1. The number of aliphatic carboxylic acids is 1. The van der Waals surface area contributed by atoms with Crippen molar-refractivity contribution in [3.63, 3.8) is 0 Å². The molecule has 0 aromatic heterocycles. The van der Waals surface area contributed by atoms with Crippen molar-refractivity contribution in [2.45, 2.75) is 19.4 Å². The van der Waals surface area contributed by atoms with E-state index in [1.165, 1.54) is 23.1 Å². The van der Waals surface area contributed by atoms with Gasteiger partial charge in [0.05, 0.1) is 5.69 Å². The molecule has 0 bridgehead atoms. The van der Waals surface area contributed by atoms with Gasteiger partial charge in [-0.05, 0) is 32.0 Å². The van der Waals surface area contributed by atoms with Gasteiger partial charge in [-0.15, -0.1) is 0 Å². The number of hydrogen-bond donors (Lipinski definition) is 1. The van der Waals surface area contributed by atoms with Crippen LogP contribution in [0.1, 0.15) is 24.2 Å². The third-order valence-corrected chi connectivity index (χ3v) is 2.96. The summed E-state index contributed by atoms with van der Waals surface area (Å²) in [5, 5.41) is 8.68. The number of carboxylic acid groups (broad SMARTS) is 1. The molecule has 2 rings (SSSR count). The monoisotopic (exact) mass is 263 g/mol. The molecule has 0 spiro atoms. The summed E-state index contributed by atoms with van der Waals surface area (Å²) in [6.45, 7) is 3.29. The number of Topliss-reactive ketones (excluding diaryl/α,β-unsaturated/α-hetero) is 1. The predicted octanol–water partition coefficient (Wildman–Crippen LogP) is 1.09. The lowest BCUT2D eigenvalue weighted by molar-refractivity contribution is -0.132. The highest BCUT2D eigenvalue weighted by Crippen LogP contribution is 2.37. The quantitative estimate of drug-likeness (QED) is 0.637.